The highest BCUT2D eigenvalue weighted by Gasteiger charge is 2.39. The van der Waals surface area contributed by atoms with Gasteiger partial charge in [-0.2, -0.15) is 17.9 Å². The summed E-state index contributed by atoms with van der Waals surface area (Å²) in [6.07, 6.45) is 0.734. The molecule has 0 bridgehead atoms. The van der Waals surface area contributed by atoms with Crippen LogP contribution in [-0.2, 0) is 18.0 Å². The number of hydrogen-bond acceptors (Lipinski definition) is 7. The van der Waals surface area contributed by atoms with Gasteiger partial charge in [-0.25, -0.2) is 19.9 Å². The number of ether oxygens (including phenoxy) is 1. The third-order valence-electron chi connectivity index (χ3n) is 6.75. The maximum Gasteiger partial charge on any atom is 0.451 e. The molecule has 3 aromatic heterocycles. The van der Waals surface area contributed by atoms with Gasteiger partial charge in [0.15, 0.2) is 5.82 Å². The lowest BCUT2D eigenvalue weighted by atomic mass is 9.99. The summed E-state index contributed by atoms with van der Waals surface area (Å²) < 4.78 is 50.3. The molecule has 0 unspecified atom stereocenters. The fraction of sp³-hybridized carbons (Fsp3) is 0.542. The van der Waals surface area contributed by atoms with Gasteiger partial charge < -0.3 is 14.2 Å². The second kappa shape index (κ2) is 9.30. The standard InChI is InChI=1S/C24H29F3N8O/c1-5-6-18-14(2)28-21(33(18)4)17-12-34(13-17)19-11-20(31-23(30-19)24(25,26)27)35-22(29-15(3)32-35)16-7-9-36-10-8-16/h5-6,11,16-17H,7-10,12-13H2,1-4H3. The number of halogens is 3. The van der Waals surface area contributed by atoms with Gasteiger partial charge in [0.25, 0.3) is 0 Å². The van der Waals surface area contributed by atoms with Crippen LogP contribution in [0.5, 0.6) is 0 Å². The molecule has 0 atom stereocenters. The summed E-state index contributed by atoms with van der Waals surface area (Å²) in [5, 5.41) is 4.40. The molecule has 2 aliphatic heterocycles. The summed E-state index contributed by atoms with van der Waals surface area (Å²) in [5.41, 5.74) is 1.95. The van der Waals surface area contributed by atoms with E-state index in [-0.39, 0.29) is 23.5 Å². The molecule has 9 nitrogen and oxygen atoms in total. The van der Waals surface area contributed by atoms with E-state index in [1.807, 2.05) is 42.5 Å². The van der Waals surface area contributed by atoms with Crippen molar-refractivity contribution in [1.29, 1.82) is 0 Å². The van der Waals surface area contributed by atoms with Gasteiger partial charge in [0.1, 0.15) is 23.3 Å². The van der Waals surface area contributed by atoms with Crippen molar-refractivity contribution >= 4 is 11.9 Å². The SMILES string of the molecule is CC=Cc1c(C)nc(C2CN(c3cc(-n4nc(C)nc4C4CCOCC4)nc(C(F)(F)F)n3)C2)n1C. The molecular formula is C24H29F3N8O. The van der Waals surface area contributed by atoms with Crippen molar-refractivity contribution in [2.45, 2.75) is 51.6 Å². The van der Waals surface area contributed by atoms with E-state index in [9.17, 15) is 13.2 Å². The average molecular weight is 503 g/mol. The molecule has 12 heteroatoms. The quantitative estimate of drug-likeness (QED) is 0.522. The lowest BCUT2D eigenvalue weighted by Gasteiger charge is -2.40. The predicted octanol–water partition coefficient (Wildman–Crippen LogP) is 3.96. The van der Waals surface area contributed by atoms with Crippen LogP contribution in [-0.4, -0.2) is 60.6 Å². The summed E-state index contributed by atoms with van der Waals surface area (Å²) in [4.78, 5) is 18.8. The lowest BCUT2D eigenvalue weighted by molar-refractivity contribution is -0.144. The molecule has 192 valence electrons. The van der Waals surface area contributed by atoms with Crippen LogP contribution in [0.2, 0.25) is 0 Å². The number of allylic oxidation sites excluding steroid dienone is 1. The second-order valence-corrected chi connectivity index (χ2v) is 9.32. The first-order valence-corrected chi connectivity index (χ1v) is 12.0. The summed E-state index contributed by atoms with van der Waals surface area (Å²) in [6, 6.07) is 1.57. The molecule has 2 saturated heterocycles. The van der Waals surface area contributed by atoms with Crippen LogP contribution in [0.3, 0.4) is 0 Å². The molecule has 5 rings (SSSR count). The minimum atomic E-state index is -4.69. The van der Waals surface area contributed by atoms with Crippen LogP contribution in [0.1, 0.15) is 66.3 Å². The minimum Gasteiger partial charge on any atom is -0.381 e. The summed E-state index contributed by atoms with van der Waals surface area (Å²) in [6.45, 7) is 7.81. The van der Waals surface area contributed by atoms with Crippen molar-refractivity contribution in [2.24, 2.45) is 7.05 Å². The summed E-state index contributed by atoms with van der Waals surface area (Å²) in [7, 11) is 1.96. The third-order valence-corrected chi connectivity index (χ3v) is 6.75. The molecule has 0 N–H and O–H groups in total. The molecule has 2 fully saturated rings. The third kappa shape index (κ3) is 4.49. The van der Waals surface area contributed by atoms with E-state index in [1.54, 1.807) is 13.0 Å². The molecule has 2 aliphatic rings. The Kier molecular flexibility index (Phi) is 6.31. The number of aromatic nitrogens is 7. The molecule has 0 radical (unpaired) electrons. The number of rotatable bonds is 5. The van der Waals surface area contributed by atoms with Crippen molar-refractivity contribution < 1.29 is 17.9 Å². The van der Waals surface area contributed by atoms with E-state index in [4.69, 9.17) is 9.72 Å². The fourth-order valence-corrected chi connectivity index (χ4v) is 4.89. The van der Waals surface area contributed by atoms with Crippen molar-refractivity contribution in [2.75, 3.05) is 31.2 Å². The Hall–Kier alpha value is -3.28. The minimum absolute atomic E-state index is 0.0408. The summed E-state index contributed by atoms with van der Waals surface area (Å²) in [5.74, 6) is 1.23. The second-order valence-electron chi connectivity index (χ2n) is 9.32. The first kappa shape index (κ1) is 24.4. The van der Waals surface area contributed by atoms with Gasteiger partial charge in [-0.1, -0.05) is 6.08 Å². The largest absolute Gasteiger partial charge is 0.451 e. The molecule has 0 spiro atoms. The molecule has 36 heavy (non-hydrogen) atoms. The lowest BCUT2D eigenvalue weighted by Crippen LogP contribution is -2.46. The van der Waals surface area contributed by atoms with E-state index >= 15 is 0 Å². The Balaban J connectivity index is 1.47. The van der Waals surface area contributed by atoms with Gasteiger partial charge in [0, 0.05) is 45.3 Å². The van der Waals surface area contributed by atoms with Crippen LogP contribution in [0.15, 0.2) is 12.1 Å². The monoisotopic (exact) mass is 502 g/mol. The topological polar surface area (TPSA) is 86.8 Å². The summed E-state index contributed by atoms with van der Waals surface area (Å²) >= 11 is 0. The average Bonchev–Trinajstić information content (AvgIpc) is 3.33. The number of anilines is 1. The molecule has 5 heterocycles. The molecule has 0 aromatic carbocycles. The van der Waals surface area contributed by atoms with E-state index in [0.29, 0.717) is 38.0 Å². The van der Waals surface area contributed by atoms with E-state index in [2.05, 4.69) is 20.1 Å². The smallest absolute Gasteiger partial charge is 0.381 e. The van der Waals surface area contributed by atoms with Gasteiger partial charge >= 0.3 is 6.18 Å². The van der Waals surface area contributed by atoms with Gasteiger partial charge in [0.2, 0.25) is 5.82 Å². The number of hydrogen-bond donors (Lipinski definition) is 0. The van der Waals surface area contributed by atoms with Crippen molar-refractivity contribution in [3.8, 4) is 5.82 Å². The molecule has 3 aromatic rings. The van der Waals surface area contributed by atoms with Crippen LogP contribution in [0.25, 0.3) is 11.9 Å². The Bertz CT molecular complexity index is 1280. The van der Waals surface area contributed by atoms with Crippen molar-refractivity contribution in [3.63, 3.8) is 0 Å². The Morgan fingerprint density at radius 1 is 0.972 bits per heavy atom. The van der Waals surface area contributed by atoms with E-state index in [0.717, 1.165) is 30.1 Å². The zero-order valence-electron chi connectivity index (χ0n) is 20.7. The van der Waals surface area contributed by atoms with Crippen LogP contribution < -0.4 is 4.90 Å². The predicted molar refractivity (Wildman–Crippen MR) is 127 cm³/mol. The highest BCUT2D eigenvalue weighted by Crippen LogP contribution is 2.35. The molecular weight excluding hydrogens is 473 g/mol. The molecule has 0 saturated carbocycles. The normalized spacial score (nSPS) is 17.8. The van der Waals surface area contributed by atoms with Crippen LogP contribution in [0, 0.1) is 13.8 Å². The van der Waals surface area contributed by atoms with Gasteiger partial charge in [-0.15, -0.1) is 5.10 Å². The zero-order valence-corrected chi connectivity index (χ0v) is 20.7. The maximum absolute atomic E-state index is 13.8. The number of alkyl halides is 3. The van der Waals surface area contributed by atoms with Crippen LogP contribution in [0.4, 0.5) is 19.0 Å². The van der Waals surface area contributed by atoms with Gasteiger partial charge in [-0.3, -0.25) is 0 Å². The van der Waals surface area contributed by atoms with Crippen molar-refractivity contribution in [3.05, 3.63) is 46.8 Å². The Morgan fingerprint density at radius 2 is 1.67 bits per heavy atom. The molecule has 0 amide bonds. The van der Waals surface area contributed by atoms with E-state index < -0.39 is 12.0 Å². The maximum atomic E-state index is 13.8. The number of aryl methyl sites for hydroxylation is 2. The number of imidazole rings is 1. The van der Waals surface area contributed by atoms with E-state index in [1.165, 1.54) is 4.68 Å². The fourth-order valence-electron chi connectivity index (χ4n) is 4.89. The first-order chi connectivity index (χ1) is 17.2. The highest BCUT2D eigenvalue weighted by molar-refractivity contribution is 5.51. The number of nitrogens with zero attached hydrogens (tertiary/aromatic N) is 8. The van der Waals surface area contributed by atoms with Crippen molar-refractivity contribution in [1.82, 2.24) is 34.3 Å². The Labute approximate surface area is 207 Å². The van der Waals surface area contributed by atoms with Crippen LogP contribution >= 0.6 is 0 Å². The first-order valence-electron chi connectivity index (χ1n) is 12.0. The van der Waals surface area contributed by atoms with Gasteiger partial charge in [-0.05, 0) is 39.7 Å². The molecule has 0 aliphatic carbocycles. The highest BCUT2D eigenvalue weighted by atomic mass is 19.4. The van der Waals surface area contributed by atoms with Gasteiger partial charge in [0.05, 0.1) is 17.3 Å². The zero-order chi connectivity index (χ0) is 25.6. The Morgan fingerprint density at radius 3 is 2.33 bits per heavy atom.